The van der Waals surface area contributed by atoms with Crippen molar-refractivity contribution in [2.75, 3.05) is 37.7 Å². The van der Waals surface area contributed by atoms with E-state index in [1.54, 1.807) is 17.9 Å². The molecule has 45 heavy (non-hydrogen) atoms. The SMILES string of the molecule is C=CC(=O)N1CCN(c2nc(=O)n(-c3c(C)ccnc3S(=O)(=O)C3COC3)c3nc(-c4c(F)cccc4Cl)c(Cl)cc23)[C@@H](C)C1. The van der Waals surface area contributed by atoms with Crippen LogP contribution in [0.1, 0.15) is 12.5 Å². The number of anilines is 1. The zero-order valence-electron chi connectivity index (χ0n) is 24.2. The molecule has 0 N–H and O–H groups in total. The van der Waals surface area contributed by atoms with Crippen LogP contribution >= 0.6 is 23.2 Å². The lowest BCUT2D eigenvalue weighted by Crippen LogP contribution is -2.54. The zero-order chi connectivity index (χ0) is 32.2. The summed E-state index contributed by atoms with van der Waals surface area (Å²) in [6, 6.07) is 6.91. The van der Waals surface area contributed by atoms with E-state index in [0.717, 1.165) is 4.57 Å². The standard InChI is InChI=1S/C30H27Cl2FN6O5S/c1-4-23(40)37-10-11-38(17(3)13-37)27-19-12-21(32)25(24-20(31)6-5-7-22(24)33)35-28(19)39(30(41)36-27)26-16(2)8-9-34-29(26)45(42,43)18-14-44-15-18/h4-9,12,17-18H,1,10-11,13-15H2,2-3H3/t17-/m0/s1. The van der Waals surface area contributed by atoms with E-state index in [-0.39, 0.29) is 68.6 Å². The number of ether oxygens (including phenoxy) is 1. The van der Waals surface area contributed by atoms with E-state index in [2.05, 4.69) is 16.5 Å². The number of sulfone groups is 1. The first-order valence-electron chi connectivity index (χ1n) is 14.0. The Morgan fingerprint density at radius 2 is 1.91 bits per heavy atom. The van der Waals surface area contributed by atoms with E-state index in [9.17, 15) is 18.0 Å². The molecule has 2 aliphatic heterocycles. The number of nitrogens with zero attached hydrogens (tertiary/aromatic N) is 6. The number of hydrogen-bond acceptors (Lipinski definition) is 9. The molecular weight excluding hydrogens is 646 g/mol. The van der Waals surface area contributed by atoms with E-state index in [0.29, 0.717) is 30.6 Å². The number of pyridine rings is 2. The predicted molar refractivity (Wildman–Crippen MR) is 168 cm³/mol. The van der Waals surface area contributed by atoms with E-state index in [4.69, 9.17) is 32.9 Å². The van der Waals surface area contributed by atoms with Crippen LogP contribution in [0.5, 0.6) is 0 Å². The average Bonchev–Trinajstić information content (AvgIpc) is 2.96. The van der Waals surface area contributed by atoms with Crippen LogP contribution in [0.25, 0.3) is 28.0 Å². The van der Waals surface area contributed by atoms with Crippen molar-refractivity contribution in [1.29, 1.82) is 0 Å². The Bertz CT molecular complexity index is 2030. The lowest BCUT2D eigenvalue weighted by Gasteiger charge is -2.40. The van der Waals surface area contributed by atoms with Gasteiger partial charge in [-0.2, -0.15) is 4.98 Å². The number of fused-ring (bicyclic) bond motifs is 1. The molecule has 1 amide bonds. The molecule has 1 aromatic carbocycles. The molecular formula is C30H27Cl2FN6O5S. The number of aryl methyl sites for hydroxylation is 1. The average molecular weight is 674 g/mol. The minimum Gasteiger partial charge on any atom is -0.379 e. The molecule has 0 saturated carbocycles. The third-order valence-electron chi connectivity index (χ3n) is 8.02. The summed E-state index contributed by atoms with van der Waals surface area (Å²) in [6.07, 6.45) is 2.59. The summed E-state index contributed by atoms with van der Waals surface area (Å²) in [4.78, 5) is 43.2. The predicted octanol–water partition coefficient (Wildman–Crippen LogP) is 3.99. The van der Waals surface area contributed by atoms with Gasteiger partial charge in [0.25, 0.3) is 0 Å². The van der Waals surface area contributed by atoms with Crippen LogP contribution in [0.15, 0.2) is 59.0 Å². The Morgan fingerprint density at radius 3 is 2.56 bits per heavy atom. The van der Waals surface area contributed by atoms with Crippen molar-refractivity contribution < 1.29 is 22.3 Å². The summed E-state index contributed by atoms with van der Waals surface area (Å²) in [5, 5.41) is -0.816. The van der Waals surface area contributed by atoms with E-state index >= 15 is 4.39 Å². The second-order valence-corrected chi connectivity index (χ2v) is 13.8. The first-order chi connectivity index (χ1) is 21.4. The van der Waals surface area contributed by atoms with Crippen molar-refractivity contribution in [2.45, 2.75) is 30.2 Å². The van der Waals surface area contributed by atoms with Crippen LogP contribution in [0.2, 0.25) is 10.0 Å². The Kier molecular flexibility index (Phi) is 8.14. The second kappa shape index (κ2) is 11.8. The highest BCUT2D eigenvalue weighted by atomic mass is 35.5. The first-order valence-corrected chi connectivity index (χ1v) is 16.3. The third kappa shape index (κ3) is 5.27. The minimum absolute atomic E-state index is 0.00770. The summed E-state index contributed by atoms with van der Waals surface area (Å²) in [6.45, 7) is 8.04. The quantitative estimate of drug-likeness (QED) is 0.279. The van der Waals surface area contributed by atoms with Gasteiger partial charge in [-0.25, -0.2) is 32.1 Å². The highest BCUT2D eigenvalue weighted by molar-refractivity contribution is 7.92. The van der Waals surface area contributed by atoms with Crippen molar-refractivity contribution >= 4 is 55.8 Å². The van der Waals surface area contributed by atoms with E-state index in [1.807, 2.05) is 11.8 Å². The molecule has 0 spiro atoms. The number of carbonyl (C=O) groups is 1. The highest BCUT2D eigenvalue weighted by Gasteiger charge is 2.38. The van der Waals surface area contributed by atoms with Gasteiger partial charge in [-0.3, -0.25) is 4.79 Å². The molecule has 4 aromatic rings. The fourth-order valence-corrected chi connectivity index (χ4v) is 7.68. The summed E-state index contributed by atoms with van der Waals surface area (Å²) in [7, 11) is -4.04. The maximum absolute atomic E-state index is 15.2. The molecule has 3 aromatic heterocycles. The van der Waals surface area contributed by atoms with Gasteiger partial charge in [0, 0.05) is 31.9 Å². The molecule has 6 rings (SSSR count). The second-order valence-electron chi connectivity index (χ2n) is 10.9. The van der Waals surface area contributed by atoms with Crippen LogP contribution in [-0.2, 0) is 19.4 Å². The lowest BCUT2D eigenvalue weighted by molar-refractivity contribution is -0.126. The number of rotatable bonds is 6. The van der Waals surface area contributed by atoms with Gasteiger partial charge in [0.05, 0.1) is 45.6 Å². The molecule has 0 radical (unpaired) electrons. The van der Waals surface area contributed by atoms with Crippen LogP contribution in [0.3, 0.4) is 0 Å². The fraction of sp³-hybridized carbons (Fsp3) is 0.300. The number of halogens is 3. The van der Waals surface area contributed by atoms with Gasteiger partial charge in [0.15, 0.2) is 10.7 Å². The topological polar surface area (TPSA) is 128 Å². The summed E-state index contributed by atoms with van der Waals surface area (Å²) < 4.78 is 48.7. The van der Waals surface area contributed by atoms with Gasteiger partial charge in [0.1, 0.15) is 16.9 Å². The van der Waals surface area contributed by atoms with Crippen LogP contribution < -0.4 is 10.6 Å². The molecule has 11 nitrogen and oxygen atoms in total. The Labute approximate surface area is 267 Å². The van der Waals surface area contributed by atoms with Crippen LogP contribution in [0.4, 0.5) is 10.2 Å². The maximum atomic E-state index is 15.2. The molecule has 2 fully saturated rings. The number of hydrogen-bond donors (Lipinski definition) is 0. The van der Waals surface area contributed by atoms with Gasteiger partial charge < -0.3 is 14.5 Å². The number of carbonyl (C=O) groups excluding carboxylic acids is 1. The van der Waals surface area contributed by atoms with Gasteiger partial charge in [-0.15, -0.1) is 0 Å². The molecule has 5 heterocycles. The van der Waals surface area contributed by atoms with Gasteiger partial charge in [0.2, 0.25) is 15.7 Å². The Hall–Kier alpha value is -3.91. The molecule has 0 unspecified atom stereocenters. The van der Waals surface area contributed by atoms with Crippen molar-refractivity contribution in [1.82, 2.24) is 24.4 Å². The third-order valence-corrected chi connectivity index (χ3v) is 10.6. The highest BCUT2D eigenvalue weighted by Crippen LogP contribution is 2.39. The van der Waals surface area contributed by atoms with Gasteiger partial charge >= 0.3 is 5.69 Å². The number of piperazine rings is 1. The number of amides is 1. The van der Waals surface area contributed by atoms with Crippen molar-refractivity contribution in [3.63, 3.8) is 0 Å². The van der Waals surface area contributed by atoms with Gasteiger partial charge in [-0.1, -0.05) is 35.8 Å². The molecule has 234 valence electrons. The molecule has 2 saturated heterocycles. The molecule has 1 atom stereocenters. The smallest absolute Gasteiger partial charge is 0.355 e. The van der Waals surface area contributed by atoms with Gasteiger partial charge in [-0.05, 0) is 49.8 Å². The molecule has 0 aliphatic carbocycles. The summed E-state index contributed by atoms with van der Waals surface area (Å²) in [5.74, 6) is -0.686. The Balaban J connectivity index is 1.66. The summed E-state index contributed by atoms with van der Waals surface area (Å²) in [5.41, 5.74) is -0.631. The Morgan fingerprint density at radius 1 is 1.16 bits per heavy atom. The number of aromatic nitrogens is 4. The van der Waals surface area contributed by atoms with E-state index < -0.39 is 26.6 Å². The van der Waals surface area contributed by atoms with Crippen molar-refractivity contribution in [3.05, 3.63) is 81.1 Å². The zero-order valence-corrected chi connectivity index (χ0v) is 26.5. The lowest BCUT2D eigenvalue weighted by atomic mass is 10.1. The summed E-state index contributed by atoms with van der Waals surface area (Å²) >= 11 is 13.1. The molecule has 2 aliphatic rings. The molecule has 15 heteroatoms. The number of benzene rings is 1. The van der Waals surface area contributed by atoms with Crippen molar-refractivity contribution in [2.24, 2.45) is 0 Å². The largest absolute Gasteiger partial charge is 0.379 e. The first kappa shape index (κ1) is 31.1. The van der Waals surface area contributed by atoms with Crippen molar-refractivity contribution in [3.8, 4) is 16.9 Å². The van der Waals surface area contributed by atoms with E-state index in [1.165, 1.54) is 36.5 Å². The monoisotopic (exact) mass is 672 g/mol. The minimum atomic E-state index is -4.04. The van der Waals surface area contributed by atoms with Crippen LogP contribution in [0, 0.1) is 12.7 Å². The normalized spacial score (nSPS) is 17.4. The fourth-order valence-electron chi connectivity index (χ4n) is 5.58. The van der Waals surface area contributed by atoms with Crippen LogP contribution in [-0.4, -0.2) is 82.9 Å². The maximum Gasteiger partial charge on any atom is 0.355 e. The molecule has 0 bridgehead atoms.